The first-order valence-electron chi connectivity index (χ1n) is 8.62. The van der Waals surface area contributed by atoms with Gasteiger partial charge in [0.05, 0.1) is 41.7 Å². The number of halogens is 3. The summed E-state index contributed by atoms with van der Waals surface area (Å²) in [6.07, 6.45) is -1.22. The first kappa shape index (κ1) is 20.0. The fourth-order valence-electron chi connectivity index (χ4n) is 3.35. The molecule has 0 radical (unpaired) electrons. The molecule has 0 N–H and O–H groups in total. The zero-order valence-corrected chi connectivity index (χ0v) is 16.0. The van der Waals surface area contributed by atoms with E-state index in [4.69, 9.17) is 11.8 Å². The van der Waals surface area contributed by atoms with Crippen LogP contribution in [0.4, 0.5) is 18.9 Å². The summed E-state index contributed by atoms with van der Waals surface area (Å²) in [7, 11) is 1.77. The molecule has 0 aliphatic heterocycles. The van der Waals surface area contributed by atoms with Crippen LogP contribution in [-0.2, 0) is 13.2 Å². The highest BCUT2D eigenvalue weighted by Gasteiger charge is 2.31. The number of benzene rings is 2. The van der Waals surface area contributed by atoms with Crippen molar-refractivity contribution in [3.63, 3.8) is 0 Å². The van der Waals surface area contributed by atoms with Crippen molar-refractivity contribution < 1.29 is 17.7 Å². The number of hydrogen-bond donors (Lipinski definition) is 0. The summed E-state index contributed by atoms with van der Waals surface area (Å²) in [4.78, 5) is 7.81. The molecule has 7 heteroatoms. The van der Waals surface area contributed by atoms with E-state index in [2.05, 4.69) is 9.83 Å². The molecule has 0 aliphatic carbocycles. The Morgan fingerprint density at radius 1 is 1.07 bits per heavy atom. The van der Waals surface area contributed by atoms with E-state index in [0.29, 0.717) is 39.3 Å². The highest BCUT2D eigenvalue weighted by Crippen LogP contribution is 2.35. The summed E-state index contributed by atoms with van der Waals surface area (Å²) >= 11 is 0. The minimum Gasteiger partial charge on any atom is -0.251 e. The Morgan fingerprint density at radius 3 is 2.34 bits per heavy atom. The minimum atomic E-state index is -4.41. The quantitative estimate of drug-likeness (QED) is 0.438. The first-order chi connectivity index (χ1) is 13.7. The lowest BCUT2D eigenvalue weighted by molar-refractivity contribution is -0.649. The van der Waals surface area contributed by atoms with Crippen molar-refractivity contribution in [1.29, 1.82) is 5.26 Å². The zero-order valence-electron chi connectivity index (χ0n) is 16.0. The average molecular weight is 393 g/mol. The predicted molar refractivity (Wildman–Crippen MR) is 102 cm³/mol. The van der Waals surface area contributed by atoms with Crippen LogP contribution >= 0.6 is 0 Å². The van der Waals surface area contributed by atoms with Crippen LogP contribution in [0.3, 0.4) is 0 Å². The summed E-state index contributed by atoms with van der Waals surface area (Å²) in [5.41, 5.74) is 3.73. The number of nitriles is 1. The molecule has 0 saturated carbocycles. The van der Waals surface area contributed by atoms with Gasteiger partial charge in [-0.2, -0.15) is 23.0 Å². The molecular weight excluding hydrogens is 377 g/mol. The summed E-state index contributed by atoms with van der Waals surface area (Å²) in [5.74, 6) is 0. The molecule has 2 aromatic carbocycles. The standard InChI is InChI=1S/C22H16F3N4/c1-13-8-16(22(23,24)25)5-6-17(13)19-11-28-12-20(29(19)4)21-14(2)7-15(10-26)9-18(21)27-3/h5-9,11-12H,1-2,4H3/q+1. The van der Waals surface area contributed by atoms with E-state index in [1.54, 1.807) is 43.9 Å². The van der Waals surface area contributed by atoms with Crippen LogP contribution in [0.5, 0.6) is 0 Å². The van der Waals surface area contributed by atoms with Gasteiger partial charge in [0.15, 0.2) is 0 Å². The fourth-order valence-corrected chi connectivity index (χ4v) is 3.35. The van der Waals surface area contributed by atoms with Gasteiger partial charge in [-0.25, -0.2) is 4.85 Å². The number of aryl methyl sites for hydroxylation is 2. The average Bonchev–Trinajstić information content (AvgIpc) is 2.67. The van der Waals surface area contributed by atoms with Crippen LogP contribution in [0.25, 0.3) is 27.4 Å². The molecule has 0 fully saturated rings. The van der Waals surface area contributed by atoms with Gasteiger partial charge in [0, 0.05) is 5.56 Å². The van der Waals surface area contributed by atoms with Gasteiger partial charge in [0.1, 0.15) is 7.05 Å². The van der Waals surface area contributed by atoms with Gasteiger partial charge >= 0.3 is 6.18 Å². The van der Waals surface area contributed by atoms with Crippen molar-refractivity contribution in [2.24, 2.45) is 7.05 Å². The monoisotopic (exact) mass is 393 g/mol. The molecule has 1 aromatic heterocycles. The third-order valence-corrected chi connectivity index (χ3v) is 4.77. The van der Waals surface area contributed by atoms with E-state index in [0.717, 1.165) is 17.7 Å². The molecule has 0 saturated heterocycles. The smallest absolute Gasteiger partial charge is 0.251 e. The fraction of sp³-hybridized carbons (Fsp3) is 0.182. The van der Waals surface area contributed by atoms with E-state index >= 15 is 0 Å². The van der Waals surface area contributed by atoms with Crippen LogP contribution < -0.4 is 4.57 Å². The van der Waals surface area contributed by atoms with Gasteiger partial charge in [0.2, 0.25) is 17.1 Å². The molecule has 1 heterocycles. The predicted octanol–water partition coefficient (Wildman–Crippen LogP) is 5.30. The van der Waals surface area contributed by atoms with Crippen LogP contribution in [0.15, 0.2) is 42.7 Å². The van der Waals surface area contributed by atoms with Gasteiger partial charge in [-0.15, -0.1) is 0 Å². The third-order valence-electron chi connectivity index (χ3n) is 4.77. The number of hydrogen-bond acceptors (Lipinski definition) is 2. The zero-order chi connectivity index (χ0) is 21.3. The van der Waals surface area contributed by atoms with Crippen molar-refractivity contribution >= 4 is 5.69 Å². The van der Waals surface area contributed by atoms with E-state index in [1.807, 2.05) is 6.07 Å². The lowest BCUT2D eigenvalue weighted by Crippen LogP contribution is -2.34. The Bertz CT molecular complexity index is 1200. The first-order valence-corrected chi connectivity index (χ1v) is 8.62. The van der Waals surface area contributed by atoms with Gasteiger partial charge in [-0.3, -0.25) is 4.98 Å². The summed E-state index contributed by atoms with van der Waals surface area (Å²) in [6, 6.07) is 8.84. The number of aromatic nitrogens is 2. The Labute approximate surface area is 166 Å². The molecule has 3 aromatic rings. The highest BCUT2D eigenvalue weighted by molar-refractivity contribution is 5.79. The lowest BCUT2D eigenvalue weighted by Gasteiger charge is -2.12. The van der Waals surface area contributed by atoms with Gasteiger partial charge in [0.25, 0.3) is 0 Å². The van der Waals surface area contributed by atoms with Crippen molar-refractivity contribution in [1.82, 2.24) is 4.98 Å². The van der Waals surface area contributed by atoms with Crippen LogP contribution in [0.1, 0.15) is 22.3 Å². The number of alkyl halides is 3. The molecule has 3 rings (SSSR count). The lowest BCUT2D eigenvalue weighted by atomic mass is 9.99. The topological polar surface area (TPSA) is 44.9 Å². The van der Waals surface area contributed by atoms with Gasteiger partial charge in [-0.05, 0) is 55.3 Å². The van der Waals surface area contributed by atoms with E-state index in [1.165, 1.54) is 12.1 Å². The molecule has 0 bridgehead atoms. The Hall–Kier alpha value is -3.71. The maximum absolute atomic E-state index is 13.0. The molecule has 4 nitrogen and oxygen atoms in total. The Kier molecular flexibility index (Phi) is 5.09. The Balaban J connectivity index is 2.22. The van der Waals surface area contributed by atoms with E-state index < -0.39 is 11.7 Å². The van der Waals surface area contributed by atoms with Crippen molar-refractivity contribution in [3.05, 3.63) is 76.4 Å². The summed E-state index contributed by atoms with van der Waals surface area (Å²) < 4.78 is 40.8. The van der Waals surface area contributed by atoms with Crippen LogP contribution in [0.2, 0.25) is 0 Å². The van der Waals surface area contributed by atoms with Crippen molar-refractivity contribution in [3.8, 4) is 28.6 Å². The SMILES string of the molecule is [C-]#[N+]c1cc(C#N)cc(C)c1-c1cncc(-c2ccc(C(F)(F)F)cc2C)[n+]1C. The van der Waals surface area contributed by atoms with Crippen molar-refractivity contribution in [2.45, 2.75) is 20.0 Å². The maximum atomic E-state index is 13.0. The second kappa shape index (κ2) is 7.37. The second-order valence-corrected chi connectivity index (χ2v) is 6.68. The molecule has 29 heavy (non-hydrogen) atoms. The van der Waals surface area contributed by atoms with Crippen molar-refractivity contribution in [2.75, 3.05) is 0 Å². The molecule has 144 valence electrons. The van der Waals surface area contributed by atoms with E-state index in [9.17, 15) is 13.2 Å². The largest absolute Gasteiger partial charge is 0.416 e. The maximum Gasteiger partial charge on any atom is 0.416 e. The van der Waals surface area contributed by atoms with Crippen LogP contribution in [-0.4, -0.2) is 4.98 Å². The van der Waals surface area contributed by atoms with E-state index in [-0.39, 0.29) is 0 Å². The minimum absolute atomic E-state index is 0.320. The summed E-state index contributed by atoms with van der Waals surface area (Å²) in [5, 5.41) is 9.15. The second-order valence-electron chi connectivity index (χ2n) is 6.68. The normalized spacial score (nSPS) is 11.0. The number of nitrogens with zero attached hydrogens (tertiary/aromatic N) is 4. The molecule has 0 amide bonds. The summed E-state index contributed by atoms with van der Waals surface area (Å²) in [6.45, 7) is 10.9. The molecule has 0 unspecified atom stereocenters. The molecule has 0 aliphatic rings. The number of rotatable bonds is 2. The molecular formula is C22H16F3N4+. The van der Waals surface area contributed by atoms with Crippen LogP contribution in [0, 0.1) is 31.8 Å². The molecule has 0 atom stereocenters. The van der Waals surface area contributed by atoms with Gasteiger partial charge < -0.3 is 0 Å². The molecule has 0 spiro atoms. The third kappa shape index (κ3) is 3.68. The van der Waals surface area contributed by atoms with Gasteiger partial charge in [-0.1, -0.05) is 0 Å². The Morgan fingerprint density at radius 2 is 1.76 bits per heavy atom. The highest BCUT2D eigenvalue weighted by atomic mass is 19.4.